The summed E-state index contributed by atoms with van der Waals surface area (Å²) >= 11 is 0. The van der Waals surface area contributed by atoms with Crippen LogP contribution in [-0.2, 0) is 6.54 Å². The zero-order valence-electron chi connectivity index (χ0n) is 13.7. The smallest absolute Gasteiger partial charge is 0.251 e. The molecule has 0 fully saturated rings. The topological polar surface area (TPSA) is 58.2 Å². The fourth-order valence-corrected chi connectivity index (χ4v) is 2.06. The molecule has 0 aromatic heterocycles. The number of carbonyl (C=O) groups excluding carboxylic acids is 2. The lowest BCUT2D eigenvalue weighted by Gasteiger charge is -2.20. The number of amides is 2. The van der Waals surface area contributed by atoms with Crippen LogP contribution in [0.1, 0.15) is 47.1 Å². The van der Waals surface area contributed by atoms with Crippen LogP contribution in [0, 0.1) is 0 Å². The van der Waals surface area contributed by atoms with Gasteiger partial charge in [0.05, 0.1) is 0 Å². The average molecular weight is 310 g/mol. The lowest BCUT2D eigenvalue weighted by atomic mass is 10.1. The summed E-state index contributed by atoms with van der Waals surface area (Å²) in [5.41, 5.74) is 1.92. The lowest BCUT2D eigenvalue weighted by molar-refractivity contribution is 0.0916. The first-order chi connectivity index (χ1) is 10.8. The van der Waals surface area contributed by atoms with E-state index in [2.05, 4.69) is 10.6 Å². The van der Waals surface area contributed by atoms with Crippen LogP contribution < -0.4 is 10.6 Å². The van der Waals surface area contributed by atoms with Crippen LogP contribution in [0.2, 0.25) is 0 Å². The number of nitrogens with one attached hydrogen (secondary N) is 2. The van der Waals surface area contributed by atoms with E-state index in [9.17, 15) is 9.59 Å². The van der Waals surface area contributed by atoms with Crippen molar-refractivity contribution in [2.45, 2.75) is 32.9 Å². The third-order valence-corrected chi connectivity index (χ3v) is 3.19. The molecule has 2 amide bonds. The number of benzene rings is 2. The minimum atomic E-state index is -0.264. The zero-order chi connectivity index (χ0) is 16.9. The first-order valence-electron chi connectivity index (χ1n) is 7.60. The Morgan fingerprint density at radius 3 is 1.96 bits per heavy atom. The van der Waals surface area contributed by atoms with E-state index >= 15 is 0 Å². The monoisotopic (exact) mass is 310 g/mol. The lowest BCUT2D eigenvalue weighted by Crippen LogP contribution is -2.40. The Bertz CT molecular complexity index is 671. The van der Waals surface area contributed by atoms with Crippen LogP contribution in [0.25, 0.3) is 0 Å². The predicted octanol–water partition coefficient (Wildman–Crippen LogP) is 3.14. The Kier molecular flexibility index (Phi) is 5.16. The molecule has 0 radical (unpaired) electrons. The first kappa shape index (κ1) is 16.7. The molecule has 0 saturated carbocycles. The summed E-state index contributed by atoms with van der Waals surface area (Å²) in [5, 5.41) is 5.78. The average Bonchev–Trinajstić information content (AvgIpc) is 2.52. The van der Waals surface area contributed by atoms with E-state index in [4.69, 9.17) is 0 Å². The van der Waals surface area contributed by atoms with Crippen molar-refractivity contribution in [2.75, 3.05) is 0 Å². The second-order valence-electron chi connectivity index (χ2n) is 6.45. The van der Waals surface area contributed by atoms with Crippen molar-refractivity contribution in [3.05, 3.63) is 71.3 Å². The summed E-state index contributed by atoms with van der Waals surface area (Å²) in [6, 6.07) is 16.3. The zero-order valence-corrected chi connectivity index (χ0v) is 13.7. The molecular formula is C19H22N2O2. The molecule has 4 nitrogen and oxygen atoms in total. The van der Waals surface area contributed by atoms with Gasteiger partial charge in [0.2, 0.25) is 0 Å². The Hall–Kier alpha value is -2.62. The fraction of sp³-hybridized carbons (Fsp3) is 0.263. The van der Waals surface area contributed by atoms with Crippen LogP contribution in [0.15, 0.2) is 54.6 Å². The van der Waals surface area contributed by atoms with E-state index in [1.54, 1.807) is 24.3 Å². The summed E-state index contributed by atoms with van der Waals surface area (Å²) in [5.74, 6) is -0.211. The standard InChI is InChI=1S/C19H22N2O2/c1-19(2,3)21-18(23)16-11-9-14(10-12-16)13-20-17(22)15-7-5-4-6-8-15/h4-12H,13H2,1-3H3,(H,20,22)(H,21,23). The second kappa shape index (κ2) is 7.09. The molecule has 120 valence electrons. The van der Waals surface area contributed by atoms with E-state index in [0.29, 0.717) is 17.7 Å². The van der Waals surface area contributed by atoms with Gasteiger partial charge in [0.15, 0.2) is 0 Å². The van der Waals surface area contributed by atoms with Crippen LogP contribution in [0.3, 0.4) is 0 Å². The second-order valence-corrected chi connectivity index (χ2v) is 6.45. The van der Waals surface area contributed by atoms with Crippen molar-refractivity contribution in [2.24, 2.45) is 0 Å². The molecular weight excluding hydrogens is 288 g/mol. The highest BCUT2D eigenvalue weighted by atomic mass is 16.2. The minimum Gasteiger partial charge on any atom is -0.348 e. The van der Waals surface area contributed by atoms with E-state index in [1.165, 1.54) is 0 Å². The Morgan fingerprint density at radius 1 is 0.826 bits per heavy atom. The number of hydrogen-bond acceptors (Lipinski definition) is 2. The van der Waals surface area contributed by atoms with Gasteiger partial charge in [0, 0.05) is 23.2 Å². The molecule has 2 aromatic rings. The third kappa shape index (κ3) is 5.25. The quantitative estimate of drug-likeness (QED) is 0.911. The predicted molar refractivity (Wildman–Crippen MR) is 91.3 cm³/mol. The van der Waals surface area contributed by atoms with Crippen LogP contribution in [0.5, 0.6) is 0 Å². The third-order valence-electron chi connectivity index (χ3n) is 3.19. The van der Waals surface area contributed by atoms with Gasteiger partial charge in [-0.1, -0.05) is 30.3 Å². The van der Waals surface area contributed by atoms with E-state index in [1.807, 2.05) is 51.1 Å². The van der Waals surface area contributed by atoms with Gasteiger partial charge in [-0.25, -0.2) is 0 Å². The fourth-order valence-electron chi connectivity index (χ4n) is 2.06. The molecule has 0 heterocycles. The molecule has 0 unspecified atom stereocenters. The normalized spacial score (nSPS) is 10.9. The van der Waals surface area contributed by atoms with Crippen LogP contribution >= 0.6 is 0 Å². The van der Waals surface area contributed by atoms with Gasteiger partial charge in [-0.15, -0.1) is 0 Å². The molecule has 0 aliphatic rings. The molecule has 0 aliphatic heterocycles. The van der Waals surface area contributed by atoms with Crippen molar-refractivity contribution >= 4 is 11.8 Å². The van der Waals surface area contributed by atoms with Crippen molar-refractivity contribution in [3.8, 4) is 0 Å². The summed E-state index contributed by atoms with van der Waals surface area (Å²) in [7, 11) is 0. The molecule has 0 atom stereocenters. The Morgan fingerprint density at radius 2 is 1.39 bits per heavy atom. The highest BCUT2D eigenvalue weighted by Gasteiger charge is 2.15. The summed E-state index contributed by atoms with van der Waals surface area (Å²) in [6.07, 6.45) is 0. The van der Waals surface area contributed by atoms with E-state index in [0.717, 1.165) is 5.56 Å². The van der Waals surface area contributed by atoms with Gasteiger partial charge in [0.25, 0.3) is 11.8 Å². The van der Waals surface area contributed by atoms with Gasteiger partial charge in [-0.2, -0.15) is 0 Å². The van der Waals surface area contributed by atoms with Gasteiger partial charge in [-0.3, -0.25) is 9.59 Å². The highest BCUT2D eigenvalue weighted by Crippen LogP contribution is 2.08. The minimum absolute atomic E-state index is 0.0997. The maximum atomic E-state index is 12.0. The maximum Gasteiger partial charge on any atom is 0.251 e. The van der Waals surface area contributed by atoms with Gasteiger partial charge >= 0.3 is 0 Å². The van der Waals surface area contributed by atoms with Gasteiger partial charge < -0.3 is 10.6 Å². The molecule has 2 aromatic carbocycles. The summed E-state index contributed by atoms with van der Waals surface area (Å²) in [4.78, 5) is 24.0. The molecule has 0 aliphatic carbocycles. The molecule has 2 rings (SSSR count). The Balaban J connectivity index is 1.93. The molecule has 0 spiro atoms. The number of rotatable bonds is 4. The van der Waals surface area contributed by atoms with Gasteiger partial charge in [0.1, 0.15) is 0 Å². The number of carbonyl (C=O) groups is 2. The van der Waals surface area contributed by atoms with Crippen LogP contribution in [0.4, 0.5) is 0 Å². The summed E-state index contributed by atoms with van der Waals surface area (Å²) < 4.78 is 0. The van der Waals surface area contributed by atoms with E-state index < -0.39 is 0 Å². The molecule has 0 saturated heterocycles. The molecule has 23 heavy (non-hydrogen) atoms. The van der Waals surface area contributed by atoms with Crippen molar-refractivity contribution in [1.29, 1.82) is 0 Å². The Labute approximate surface area is 136 Å². The molecule has 2 N–H and O–H groups in total. The van der Waals surface area contributed by atoms with Crippen molar-refractivity contribution in [3.63, 3.8) is 0 Å². The SMILES string of the molecule is CC(C)(C)NC(=O)c1ccc(CNC(=O)c2ccccc2)cc1. The largest absolute Gasteiger partial charge is 0.348 e. The first-order valence-corrected chi connectivity index (χ1v) is 7.60. The molecule has 0 bridgehead atoms. The highest BCUT2D eigenvalue weighted by molar-refractivity contribution is 5.95. The van der Waals surface area contributed by atoms with Crippen LogP contribution in [-0.4, -0.2) is 17.4 Å². The van der Waals surface area contributed by atoms with Crippen molar-refractivity contribution < 1.29 is 9.59 Å². The summed E-state index contributed by atoms with van der Waals surface area (Å²) in [6.45, 7) is 6.25. The maximum absolute atomic E-state index is 12.0. The van der Waals surface area contributed by atoms with E-state index in [-0.39, 0.29) is 17.4 Å². The molecule has 4 heteroatoms. The van der Waals surface area contributed by atoms with Gasteiger partial charge in [-0.05, 0) is 50.6 Å². The number of hydrogen-bond donors (Lipinski definition) is 2. The van der Waals surface area contributed by atoms with Crippen molar-refractivity contribution in [1.82, 2.24) is 10.6 Å².